The number of aliphatic hydroxyl groups is 4. The summed E-state index contributed by atoms with van der Waals surface area (Å²) in [6, 6.07) is 0. The monoisotopic (exact) mass is 624 g/mol. The fourth-order valence-electron chi connectivity index (χ4n) is 8.28. The zero-order chi connectivity index (χ0) is 32.6. The average molecular weight is 625 g/mol. The minimum atomic E-state index is -5.91. The zero-order valence-corrected chi connectivity index (χ0v) is 26.0. The van der Waals surface area contributed by atoms with Gasteiger partial charge in [0.15, 0.2) is 0 Å². The predicted molar refractivity (Wildman–Crippen MR) is 154 cm³/mol. The van der Waals surface area contributed by atoms with E-state index in [1.807, 2.05) is 19.9 Å². The molecule has 0 aromatic heterocycles. The maximum atomic E-state index is 13.4. The third kappa shape index (κ3) is 7.90. The van der Waals surface area contributed by atoms with E-state index in [1.165, 1.54) is 5.57 Å². The predicted octanol–water partition coefficient (Wildman–Crippen LogP) is 7.96. The lowest BCUT2D eigenvalue weighted by atomic mass is 9.55. The fraction of sp³-hybridized carbons (Fsp3) is 0.818. The minimum absolute atomic E-state index is 0.00470. The van der Waals surface area contributed by atoms with E-state index < -0.39 is 41.2 Å². The van der Waals surface area contributed by atoms with Crippen molar-refractivity contribution >= 4 is 0 Å². The number of rotatable bonds is 9. The fourth-order valence-corrected chi connectivity index (χ4v) is 8.28. The first-order valence-corrected chi connectivity index (χ1v) is 15.6. The molecule has 3 fully saturated rings. The first kappa shape index (κ1) is 36.1. The molecule has 3 aliphatic carbocycles. The van der Waals surface area contributed by atoms with Gasteiger partial charge in [0, 0.05) is 12.3 Å². The molecular formula is C33H50F6O4. The normalized spacial score (nSPS) is 34.6. The van der Waals surface area contributed by atoms with Crippen molar-refractivity contribution in [3.63, 3.8) is 0 Å². The van der Waals surface area contributed by atoms with Gasteiger partial charge in [0.25, 0.3) is 5.60 Å². The van der Waals surface area contributed by atoms with Crippen LogP contribution in [0.4, 0.5) is 26.3 Å². The van der Waals surface area contributed by atoms with Crippen LogP contribution < -0.4 is 0 Å². The number of fused-ring (bicyclic) bond motifs is 1. The Morgan fingerprint density at radius 1 is 0.907 bits per heavy atom. The highest BCUT2D eigenvalue weighted by Crippen LogP contribution is 2.64. The third-order valence-corrected chi connectivity index (χ3v) is 10.8. The topological polar surface area (TPSA) is 80.9 Å². The van der Waals surface area contributed by atoms with E-state index in [0.717, 1.165) is 43.8 Å². The first-order valence-electron chi connectivity index (χ1n) is 15.6. The van der Waals surface area contributed by atoms with Crippen LogP contribution in [0, 0.1) is 28.6 Å². The Morgan fingerprint density at radius 3 is 2.09 bits per heavy atom. The third-order valence-electron chi connectivity index (χ3n) is 10.8. The molecule has 0 aromatic carbocycles. The molecule has 7 atom stereocenters. The summed E-state index contributed by atoms with van der Waals surface area (Å²) in [5.41, 5.74) is -4.55. The van der Waals surface area contributed by atoms with Crippen molar-refractivity contribution in [1.82, 2.24) is 0 Å². The summed E-state index contributed by atoms with van der Waals surface area (Å²) in [5.74, 6) is 0.121. The van der Waals surface area contributed by atoms with Crippen LogP contribution in [0.5, 0.6) is 0 Å². The van der Waals surface area contributed by atoms with Gasteiger partial charge in [0.1, 0.15) is 0 Å². The molecule has 0 amide bonds. The van der Waals surface area contributed by atoms with E-state index in [-0.39, 0.29) is 35.7 Å². The highest BCUT2D eigenvalue weighted by molar-refractivity contribution is 5.28. The highest BCUT2D eigenvalue weighted by Gasteiger charge is 2.69. The van der Waals surface area contributed by atoms with E-state index in [1.54, 1.807) is 13.8 Å². The van der Waals surface area contributed by atoms with E-state index in [4.69, 9.17) is 0 Å². The van der Waals surface area contributed by atoms with Gasteiger partial charge in [0.2, 0.25) is 0 Å². The summed E-state index contributed by atoms with van der Waals surface area (Å²) in [5, 5.41) is 40.5. The zero-order valence-electron chi connectivity index (χ0n) is 26.0. The lowest BCUT2D eigenvalue weighted by Gasteiger charge is -2.49. The largest absolute Gasteiger partial charge is 0.429 e. The van der Waals surface area contributed by atoms with Crippen molar-refractivity contribution in [2.45, 2.75) is 141 Å². The highest BCUT2D eigenvalue weighted by atomic mass is 19.4. The Balaban J connectivity index is 1.93. The molecule has 0 spiro atoms. The van der Waals surface area contributed by atoms with Crippen molar-refractivity contribution in [2.24, 2.45) is 28.6 Å². The van der Waals surface area contributed by atoms with Crippen LogP contribution in [0.15, 0.2) is 35.5 Å². The van der Waals surface area contributed by atoms with E-state index in [0.29, 0.717) is 32.1 Å². The van der Waals surface area contributed by atoms with Gasteiger partial charge in [-0.15, -0.1) is 0 Å². The smallest absolute Gasteiger partial charge is 0.393 e. The molecule has 4 N–H and O–H groups in total. The molecule has 0 bridgehead atoms. The standard InChI is InChI=1S/C33H50F6O4/c1-21-23(19-24(40)20-26(21)41)11-10-22-9-6-17-30(5)25(22)12-13-27(30)29(4,15-7-14-28(2,3)42)16-8-18-31(43,32(34,35)36)33(37,38)39/h8,10-11,18,21,24-27,40-43H,6-7,9,12-17,19-20H2,1-5H3/b18-8-,22-10+,23-11-/t21?,24-,25?,26+,27-,29-,30+/m1/s1. The van der Waals surface area contributed by atoms with Crippen LogP contribution in [0.25, 0.3) is 0 Å². The number of hydrogen-bond donors (Lipinski definition) is 4. The van der Waals surface area contributed by atoms with Gasteiger partial charge in [-0.2, -0.15) is 26.3 Å². The van der Waals surface area contributed by atoms with E-state index in [2.05, 4.69) is 13.0 Å². The molecule has 3 saturated carbocycles. The molecule has 0 radical (unpaired) electrons. The molecule has 0 aliphatic heterocycles. The lowest BCUT2D eigenvalue weighted by Crippen LogP contribution is -2.55. The van der Waals surface area contributed by atoms with Crippen LogP contribution in [-0.2, 0) is 0 Å². The second-order valence-electron chi connectivity index (χ2n) is 14.7. The second-order valence-corrected chi connectivity index (χ2v) is 14.7. The molecule has 248 valence electrons. The van der Waals surface area contributed by atoms with Gasteiger partial charge in [-0.05, 0) is 100 Å². The van der Waals surface area contributed by atoms with Gasteiger partial charge in [-0.25, -0.2) is 0 Å². The average Bonchev–Trinajstić information content (AvgIpc) is 3.21. The molecular weight excluding hydrogens is 574 g/mol. The number of hydrogen-bond acceptors (Lipinski definition) is 4. The number of aliphatic hydroxyl groups excluding tert-OH is 2. The van der Waals surface area contributed by atoms with Crippen molar-refractivity contribution < 1.29 is 46.8 Å². The molecule has 4 nitrogen and oxygen atoms in total. The number of alkyl halides is 6. The molecule has 0 heterocycles. The molecule has 0 saturated heterocycles. The van der Waals surface area contributed by atoms with Crippen molar-refractivity contribution in [1.29, 1.82) is 0 Å². The number of allylic oxidation sites excluding steroid dienone is 4. The Labute approximate surface area is 252 Å². The molecule has 3 rings (SSSR count). The van der Waals surface area contributed by atoms with Crippen molar-refractivity contribution in [3.05, 3.63) is 35.5 Å². The quantitative estimate of drug-likeness (QED) is 0.155. The van der Waals surface area contributed by atoms with E-state index >= 15 is 0 Å². The first-order chi connectivity index (χ1) is 19.5. The lowest BCUT2D eigenvalue weighted by molar-refractivity contribution is -0.347. The second kappa shape index (κ2) is 12.8. The van der Waals surface area contributed by atoms with Gasteiger partial charge in [0.05, 0.1) is 17.8 Å². The van der Waals surface area contributed by atoms with Gasteiger partial charge in [-0.3, -0.25) is 0 Å². The summed E-state index contributed by atoms with van der Waals surface area (Å²) >= 11 is 0. The van der Waals surface area contributed by atoms with Gasteiger partial charge in [-0.1, -0.05) is 56.6 Å². The van der Waals surface area contributed by atoms with Gasteiger partial charge < -0.3 is 20.4 Å². The molecule has 0 aromatic rings. The van der Waals surface area contributed by atoms with Crippen LogP contribution in [0.3, 0.4) is 0 Å². The minimum Gasteiger partial charge on any atom is -0.393 e. The summed E-state index contributed by atoms with van der Waals surface area (Å²) < 4.78 is 80.2. The summed E-state index contributed by atoms with van der Waals surface area (Å²) in [6.07, 6.45) is -1.65. The Kier molecular flexibility index (Phi) is 10.7. The van der Waals surface area contributed by atoms with Crippen molar-refractivity contribution in [2.75, 3.05) is 0 Å². The SMILES string of the molecule is CC1/C(=C\C=C2/CCC[C@@]3(C)C2CC[C@@H]3[C@@](C)(C/C=C\C(O)(C(F)(F)F)C(F)(F)F)CCCC(C)(C)O)C[C@@H](O)C[C@@H]1O. The maximum Gasteiger partial charge on any atom is 0.429 e. The van der Waals surface area contributed by atoms with Crippen LogP contribution in [0.2, 0.25) is 0 Å². The molecule has 43 heavy (non-hydrogen) atoms. The number of halogens is 6. The summed E-state index contributed by atoms with van der Waals surface area (Å²) in [6.45, 7) is 9.39. The van der Waals surface area contributed by atoms with Crippen LogP contribution in [0.1, 0.15) is 105 Å². The van der Waals surface area contributed by atoms with Crippen LogP contribution in [-0.4, -0.2) is 56.2 Å². The Bertz CT molecular complexity index is 1040. The maximum absolute atomic E-state index is 13.4. The Hall–Kier alpha value is -1.36. The Morgan fingerprint density at radius 2 is 1.51 bits per heavy atom. The van der Waals surface area contributed by atoms with E-state index in [9.17, 15) is 46.8 Å². The molecule has 2 unspecified atom stereocenters. The van der Waals surface area contributed by atoms with Crippen molar-refractivity contribution in [3.8, 4) is 0 Å². The van der Waals surface area contributed by atoms with Crippen LogP contribution >= 0.6 is 0 Å². The summed E-state index contributed by atoms with van der Waals surface area (Å²) in [4.78, 5) is 0. The van der Waals surface area contributed by atoms with Gasteiger partial charge >= 0.3 is 12.4 Å². The molecule has 10 heteroatoms. The molecule has 3 aliphatic rings. The summed E-state index contributed by atoms with van der Waals surface area (Å²) in [7, 11) is 0.